The van der Waals surface area contributed by atoms with Gasteiger partial charge in [-0.25, -0.2) is 0 Å². The van der Waals surface area contributed by atoms with Gasteiger partial charge in [0.2, 0.25) is 0 Å². The van der Waals surface area contributed by atoms with Crippen LogP contribution in [0.4, 0.5) is 0 Å². The molecule has 1 aromatic heterocycles. The Labute approximate surface area is 170 Å². The summed E-state index contributed by atoms with van der Waals surface area (Å²) in [5, 5.41) is 10.8. The van der Waals surface area contributed by atoms with Crippen LogP contribution in [0, 0.1) is 0 Å². The Morgan fingerprint density at radius 2 is 1.88 bits per heavy atom. The van der Waals surface area contributed by atoms with Crippen molar-refractivity contribution in [3.05, 3.63) is 46.2 Å². The maximum absolute atomic E-state index is 5.68. The van der Waals surface area contributed by atoms with E-state index in [1.54, 1.807) is 25.5 Å². The van der Waals surface area contributed by atoms with Gasteiger partial charge in [-0.3, -0.25) is 4.99 Å². The van der Waals surface area contributed by atoms with Crippen LogP contribution < -0.4 is 20.1 Å². The summed E-state index contributed by atoms with van der Waals surface area (Å²) in [5.74, 6) is 2.30. The van der Waals surface area contributed by atoms with E-state index in [2.05, 4.69) is 39.4 Å². The van der Waals surface area contributed by atoms with Crippen molar-refractivity contribution >= 4 is 41.3 Å². The molecule has 1 aromatic carbocycles. The quantitative estimate of drug-likeness (QED) is 0.344. The number of nitrogens with zero attached hydrogens (tertiary/aromatic N) is 1. The first kappa shape index (κ1) is 21.6. The van der Waals surface area contributed by atoms with Gasteiger partial charge < -0.3 is 20.1 Å². The Kier molecular flexibility index (Phi) is 10.3. The highest BCUT2D eigenvalue weighted by Crippen LogP contribution is 2.28. The Balaban J connectivity index is 0.00000312. The van der Waals surface area contributed by atoms with Gasteiger partial charge in [0.1, 0.15) is 0 Å². The first-order valence-corrected chi connectivity index (χ1v) is 8.96. The standard InChI is InChI=1S/C18H25N3O2S.HI/c1-4-8-23-16-6-5-14(10-17(16)22-3)11-20-18(19-2)21-12-15-7-9-24-13-15;/h5-7,9-10,13H,4,8,11-12H2,1-3H3,(H2,19,20,21);1H. The SMILES string of the molecule is CCCOc1ccc(CNC(=NC)NCc2ccsc2)cc1OC.I. The van der Waals surface area contributed by atoms with Gasteiger partial charge in [0.05, 0.1) is 13.7 Å². The molecule has 0 amide bonds. The molecule has 5 nitrogen and oxygen atoms in total. The second-order valence-corrected chi connectivity index (χ2v) is 6.02. The molecule has 0 aliphatic rings. The van der Waals surface area contributed by atoms with Crippen LogP contribution in [0.15, 0.2) is 40.0 Å². The van der Waals surface area contributed by atoms with E-state index in [4.69, 9.17) is 9.47 Å². The number of halogens is 1. The minimum absolute atomic E-state index is 0. The summed E-state index contributed by atoms with van der Waals surface area (Å²) in [6.07, 6.45) is 0.971. The van der Waals surface area contributed by atoms with E-state index in [1.807, 2.05) is 18.2 Å². The molecule has 0 unspecified atom stereocenters. The van der Waals surface area contributed by atoms with Gasteiger partial charge in [-0.1, -0.05) is 13.0 Å². The van der Waals surface area contributed by atoms with Crippen molar-refractivity contribution in [3.8, 4) is 11.5 Å². The molecule has 138 valence electrons. The summed E-state index contributed by atoms with van der Waals surface area (Å²) >= 11 is 1.69. The first-order chi connectivity index (χ1) is 11.8. The van der Waals surface area contributed by atoms with Gasteiger partial charge in [-0.2, -0.15) is 11.3 Å². The van der Waals surface area contributed by atoms with E-state index in [1.165, 1.54) is 5.56 Å². The molecule has 0 bridgehead atoms. The second-order valence-electron chi connectivity index (χ2n) is 5.24. The van der Waals surface area contributed by atoms with Crippen molar-refractivity contribution in [1.29, 1.82) is 0 Å². The third-order valence-corrected chi connectivity index (χ3v) is 4.15. The summed E-state index contributed by atoms with van der Waals surface area (Å²) < 4.78 is 11.1. The van der Waals surface area contributed by atoms with E-state index >= 15 is 0 Å². The fraction of sp³-hybridized carbons (Fsp3) is 0.389. The van der Waals surface area contributed by atoms with Crippen LogP contribution in [-0.2, 0) is 13.1 Å². The zero-order valence-corrected chi connectivity index (χ0v) is 18.0. The smallest absolute Gasteiger partial charge is 0.191 e. The summed E-state index contributed by atoms with van der Waals surface area (Å²) in [5.41, 5.74) is 2.36. The van der Waals surface area contributed by atoms with Crippen LogP contribution in [0.2, 0.25) is 0 Å². The number of rotatable bonds is 8. The maximum Gasteiger partial charge on any atom is 0.191 e. The topological polar surface area (TPSA) is 54.9 Å². The van der Waals surface area contributed by atoms with E-state index in [-0.39, 0.29) is 24.0 Å². The second kappa shape index (κ2) is 12.0. The van der Waals surface area contributed by atoms with Crippen LogP contribution in [0.25, 0.3) is 0 Å². The Morgan fingerprint density at radius 1 is 1.12 bits per heavy atom. The van der Waals surface area contributed by atoms with Crippen LogP contribution >= 0.6 is 35.3 Å². The molecule has 0 saturated heterocycles. The highest BCUT2D eigenvalue weighted by atomic mass is 127. The van der Waals surface area contributed by atoms with Crippen LogP contribution in [0.3, 0.4) is 0 Å². The predicted molar refractivity (Wildman–Crippen MR) is 116 cm³/mol. The van der Waals surface area contributed by atoms with Crippen LogP contribution in [-0.4, -0.2) is 26.7 Å². The predicted octanol–water partition coefficient (Wildman–Crippen LogP) is 4.03. The first-order valence-electron chi connectivity index (χ1n) is 8.02. The molecule has 2 N–H and O–H groups in total. The molecule has 0 saturated carbocycles. The number of hydrogen-bond donors (Lipinski definition) is 2. The van der Waals surface area contributed by atoms with Crippen LogP contribution in [0.1, 0.15) is 24.5 Å². The van der Waals surface area contributed by atoms with Crippen molar-refractivity contribution in [2.75, 3.05) is 20.8 Å². The van der Waals surface area contributed by atoms with Crippen molar-refractivity contribution in [3.63, 3.8) is 0 Å². The third kappa shape index (κ3) is 7.11. The molecule has 0 atom stereocenters. The number of ether oxygens (including phenoxy) is 2. The van der Waals surface area contributed by atoms with Crippen molar-refractivity contribution in [2.45, 2.75) is 26.4 Å². The zero-order valence-electron chi connectivity index (χ0n) is 14.9. The lowest BCUT2D eigenvalue weighted by molar-refractivity contribution is 0.294. The van der Waals surface area contributed by atoms with E-state index in [0.29, 0.717) is 13.2 Å². The fourth-order valence-electron chi connectivity index (χ4n) is 2.14. The molecule has 0 spiro atoms. The molecular formula is C18H26IN3O2S. The highest BCUT2D eigenvalue weighted by molar-refractivity contribution is 14.0. The molecule has 25 heavy (non-hydrogen) atoms. The van der Waals surface area contributed by atoms with Gasteiger partial charge >= 0.3 is 0 Å². The number of thiophene rings is 1. The Bertz CT molecular complexity index is 648. The number of aliphatic imine (C=N–C) groups is 1. The molecule has 0 fully saturated rings. The van der Waals surface area contributed by atoms with Gasteiger partial charge in [0, 0.05) is 20.1 Å². The lowest BCUT2D eigenvalue weighted by Gasteiger charge is -2.14. The van der Waals surface area contributed by atoms with Gasteiger partial charge in [0.15, 0.2) is 17.5 Å². The van der Waals surface area contributed by atoms with Gasteiger partial charge in [0.25, 0.3) is 0 Å². The molecule has 0 aliphatic heterocycles. The number of hydrogen-bond acceptors (Lipinski definition) is 4. The highest BCUT2D eigenvalue weighted by Gasteiger charge is 2.06. The summed E-state index contributed by atoms with van der Waals surface area (Å²) in [7, 11) is 3.43. The van der Waals surface area contributed by atoms with Gasteiger partial charge in [-0.05, 0) is 46.5 Å². The molecule has 7 heteroatoms. The van der Waals surface area contributed by atoms with Crippen LogP contribution in [0.5, 0.6) is 11.5 Å². The molecule has 0 radical (unpaired) electrons. The molecule has 2 aromatic rings. The molecule has 1 heterocycles. The number of methoxy groups -OCH3 is 1. The number of guanidine groups is 1. The average Bonchev–Trinajstić information content (AvgIpc) is 3.14. The molecular weight excluding hydrogens is 449 g/mol. The van der Waals surface area contributed by atoms with Gasteiger partial charge in [-0.15, -0.1) is 24.0 Å². The maximum atomic E-state index is 5.68. The van der Waals surface area contributed by atoms with Crippen molar-refractivity contribution in [2.24, 2.45) is 4.99 Å². The van der Waals surface area contributed by atoms with E-state index < -0.39 is 0 Å². The summed E-state index contributed by atoms with van der Waals surface area (Å²) in [4.78, 5) is 4.25. The summed E-state index contributed by atoms with van der Waals surface area (Å²) in [6, 6.07) is 8.08. The lowest BCUT2D eigenvalue weighted by Crippen LogP contribution is -2.36. The number of benzene rings is 1. The van der Waals surface area contributed by atoms with E-state index in [9.17, 15) is 0 Å². The van der Waals surface area contributed by atoms with E-state index in [0.717, 1.165) is 36.0 Å². The normalized spacial score (nSPS) is 10.8. The molecule has 0 aliphatic carbocycles. The number of nitrogens with one attached hydrogen (secondary N) is 2. The Hall–Kier alpha value is -1.48. The van der Waals surface area contributed by atoms with Crippen molar-refractivity contribution < 1.29 is 9.47 Å². The average molecular weight is 475 g/mol. The minimum atomic E-state index is 0. The monoisotopic (exact) mass is 475 g/mol. The zero-order chi connectivity index (χ0) is 17.2. The largest absolute Gasteiger partial charge is 0.493 e. The third-order valence-electron chi connectivity index (χ3n) is 3.41. The van der Waals surface area contributed by atoms with Crippen molar-refractivity contribution in [1.82, 2.24) is 10.6 Å². The fourth-order valence-corrected chi connectivity index (χ4v) is 2.81. The minimum Gasteiger partial charge on any atom is -0.493 e. The molecule has 2 rings (SSSR count). The Morgan fingerprint density at radius 3 is 2.48 bits per heavy atom. The lowest BCUT2D eigenvalue weighted by atomic mass is 10.2. The summed E-state index contributed by atoms with van der Waals surface area (Å²) in [6.45, 7) is 4.19.